The molecule has 0 spiro atoms. The number of nitrogens with one attached hydrogen (secondary N) is 1. The largest absolute Gasteiger partial charge is 0.387 e. The molecule has 8 nitrogen and oxygen atoms in total. The third-order valence-corrected chi connectivity index (χ3v) is 6.94. The monoisotopic (exact) mass is 443 g/mol. The summed E-state index contributed by atoms with van der Waals surface area (Å²) in [6, 6.07) is 0.379. The van der Waals surface area contributed by atoms with Gasteiger partial charge >= 0.3 is 0 Å². The molecule has 172 valence electrons. The smallest absolute Gasteiger partial charge is 0.167 e. The topological polar surface area (TPSA) is 105 Å². The maximum absolute atomic E-state index is 14.0. The van der Waals surface area contributed by atoms with Gasteiger partial charge in [-0.15, -0.1) is 5.92 Å². The Morgan fingerprint density at radius 2 is 1.84 bits per heavy atom. The van der Waals surface area contributed by atoms with E-state index in [4.69, 9.17) is 4.74 Å². The molecule has 3 fully saturated rings. The van der Waals surface area contributed by atoms with Gasteiger partial charge in [0.05, 0.1) is 18.3 Å². The standard InChI is InChI=1S/C23H30FN5O3/c24-16-10-4-1-6-14(16)7-5-11-17-19(30)20(31)23(32-17)29-13-27-18-21(25-12-26-22(18)29)28-15-8-2-3-9-15/h12-17,19-20,23,30-31H,1-4,6,8-11H2,(H,25,26,28)/t14?,16?,17-,19-,20-,23-/m1/s1. The lowest BCUT2D eigenvalue weighted by molar-refractivity contribution is -0.0333. The Morgan fingerprint density at radius 3 is 2.66 bits per heavy atom. The highest BCUT2D eigenvalue weighted by Gasteiger charge is 2.44. The average molecular weight is 444 g/mol. The molecule has 2 aromatic rings. The van der Waals surface area contributed by atoms with Gasteiger partial charge in [-0.3, -0.25) is 4.57 Å². The molecule has 0 amide bonds. The first-order valence-electron chi connectivity index (χ1n) is 11.7. The fraction of sp³-hybridized carbons (Fsp3) is 0.696. The predicted octanol–water partition coefficient (Wildman–Crippen LogP) is 2.72. The van der Waals surface area contributed by atoms with Crippen molar-refractivity contribution >= 4 is 17.0 Å². The lowest BCUT2D eigenvalue weighted by Crippen LogP contribution is -2.31. The van der Waals surface area contributed by atoms with Crippen molar-refractivity contribution in [1.82, 2.24) is 19.5 Å². The SMILES string of the molecule is O[C@@H]1[C@H](O)[C@@H](CC#CC2CCCCC2F)O[C@H]1n1cnc2c(NC3CCCC3)ncnc21. The Labute approximate surface area is 186 Å². The summed E-state index contributed by atoms with van der Waals surface area (Å²) in [5, 5.41) is 24.6. The zero-order valence-electron chi connectivity index (χ0n) is 18.0. The summed E-state index contributed by atoms with van der Waals surface area (Å²) >= 11 is 0. The highest BCUT2D eigenvalue weighted by atomic mass is 19.1. The molecule has 5 rings (SSSR count). The number of aliphatic hydroxyl groups excluding tert-OH is 2. The number of aromatic nitrogens is 4. The van der Waals surface area contributed by atoms with Crippen LogP contribution in [0.4, 0.5) is 10.2 Å². The Hall–Kier alpha value is -2.28. The van der Waals surface area contributed by atoms with E-state index in [0.717, 1.165) is 32.1 Å². The van der Waals surface area contributed by atoms with E-state index in [9.17, 15) is 14.6 Å². The van der Waals surface area contributed by atoms with E-state index in [1.165, 1.54) is 19.2 Å². The minimum atomic E-state index is -1.15. The van der Waals surface area contributed by atoms with Gasteiger partial charge in [0.2, 0.25) is 0 Å². The second-order valence-corrected chi connectivity index (χ2v) is 9.15. The molecule has 0 radical (unpaired) electrons. The molecule has 1 saturated heterocycles. The van der Waals surface area contributed by atoms with Crippen LogP contribution < -0.4 is 5.32 Å². The number of anilines is 1. The first-order valence-corrected chi connectivity index (χ1v) is 11.7. The number of hydrogen-bond donors (Lipinski definition) is 3. The highest BCUT2D eigenvalue weighted by molar-refractivity contribution is 5.82. The van der Waals surface area contributed by atoms with E-state index in [1.807, 2.05) is 0 Å². The van der Waals surface area contributed by atoms with Gasteiger partial charge in [0.15, 0.2) is 23.2 Å². The maximum Gasteiger partial charge on any atom is 0.167 e. The maximum atomic E-state index is 14.0. The molecule has 0 bridgehead atoms. The van der Waals surface area contributed by atoms with Crippen LogP contribution in [0.5, 0.6) is 0 Å². The van der Waals surface area contributed by atoms with Crippen molar-refractivity contribution in [2.24, 2.45) is 5.92 Å². The van der Waals surface area contributed by atoms with Gasteiger partial charge in [0.25, 0.3) is 0 Å². The van der Waals surface area contributed by atoms with Gasteiger partial charge in [-0.25, -0.2) is 19.3 Å². The van der Waals surface area contributed by atoms with E-state index in [-0.39, 0.29) is 12.3 Å². The number of imidazole rings is 1. The zero-order chi connectivity index (χ0) is 22.1. The lowest BCUT2D eigenvalue weighted by Gasteiger charge is -2.21. The van der Waals surface area contributed by atoms with E-state index in [0.29, 0.717) is 29.4 Å². The van der Waals surface area contributed by atoms with Gasteiger partial charge in [0, 0.05) is 12.5 Å². The Balaban J connectivity index is 1.30. The molecule has 6 atom stereocenters. The predicted molar refractivity (Wildman–Crippen MR) is 116 cm³/mol. The molecule has 9 heteroatoms. The molecule has 3 aliphatic rings. The van der Waals surface area contributed by atoms with Crippen molar-refractivity contribution in [3.8, 4) is 11.8 Å². The second-order valence-electron chi connectivity index (χ2n) is 9.15. The van der Waals surface area contributed by atoms with Crippen molar-refractivity contribution in [2.45, 2.75) is 94.5 Å². The molecule has 1 aliphatic heterocycles. The average Bonchev–Trinajstić information content (AvgIpc) is 3.52. The first kappa shape index (κ1) is 21.6. The molecule has 32 heavy (non-hydrogen) atoms. The zero-order valence-corrected chi connectivity index (χ0v) is 18.0. The number of hydrogen-bond acceptors (Lipinski definition) is 7. The second kappa shape index (κ2) is 9.30. The van der Waals surface area contributed by atoms with Crippen LogP contribution in [0.2, 0.25) is 0 Å². The van der Waals surface area contributed by atoms with Gasteiger partial charge in [-0.1, -0.05) is 31.6 Å². The summed E-state index contributed by atoms with van der Waals surface area (Å²) in [5.41, 5.74) is 1.14. The highest BCUT2D eigenvalue weighted by Crippen LogP contribution is 2.34. The molecule has 2 aliphatic carbocycles. The van der Waals surface area contributed by atoms with Crippen LogP contribution in [0, 0.1) is 17.8 Å². The third kappa shape index (κ3) is 4.19. The minimum absolute atomic E-state index is 0.230. The van der Waals surface area contributed by atoms with Gasteiger partial charge in [-0.05, 0) is 25.7 Å². The van der Waals surface area contributed by atoms with Gasteiger partial charge in [-0.2, -0.15) is 0 Å². The summed E-state index contributed by atoms with van der Waals surface area (Å²) in [5.74, 6) is 6.42. The molecule has 3 N–H and O–H groups in total. The molecule has 2 aromatic heterocycles. The van der Waals surface area contributed by atoms with Crippen LogP contribution in [0.15, 0.2) is 12.7 Å². The summed E-state index contributed by atoms with van der Waals surface area (Å²) in [7, 11) is 0. The number of ether oxygens (including phenoxy) is 1. The van der Waals surface area contributed by atoms with E-state index in [1.54, 1.807) is 10.9 Å². The molecule has 3 heterocycles. The Bertz CT molecular complexity index is 998. The normalized spacial score (nSPS) is 33.3. The molecule has 0 aromatic carbocycles. The van der Waals surface area contributed by atoms with Crippen LogP contribution >= 0.6 is 0 Å². The number of rotatable bonds is 4. The van der Waals surface area contributed by atoms with Crippen LogP contribution in [0.1, 0.15) is 64.0 Å². The third-order valence-electron chi connectivity index (χ3n) is 6.94. The molecular weight excluding hydrogens is 413 g/mol. The van der Waals surface area contributed by atoms with Gasteiger partial charge < -0.3 is 20.3 Å². The summed E-state index contributed by atoms with van der Waals surface area (Å²) in [6.07, 6.45) is 6.50. The summed E-state index contributed by atoms with van der Waals surface area (Å²) in [6.45, 7) is 0. The number of alkyl halides is 1. The first-order chi connectivity index (χ1) is 15.6. The lowest BCUT2D eigenvalue weighted by atomic mass is 9.88. The van der Waals surface area contributed by atoms with Crippen molar-refractivity contribution in [3.63, 3.8) is 0 Å². The number of aliphatic hydroxyl groups is 2. The van der Waals surface area contributed by atoms with Gasteiger partial charge in [0.1, 0.15) is 24.7 Å². The number of fused-ring (bicyclic) bond motifs is 1. The van der Waals surface area contributed by atoms with E-state index >= 15 is 0 Å². The fourth-order valence-corrected chi connectivity index (χ4v) is 5.07. The van der Waals surface area contributed by atoms with Crippen LogP contribution in [-0.2, 0) is 4.74 Å². The Morgan fingerprint density at radius 1 is 1.06 bits per heavy atom. The summed E-state index contributed by atoms with van der Waals surface area (Å²) < 4.78 is 21.6. The summed E-state index contributed by atoms with van der Waals surface area (Å²) in [4.78, 5) is 13.1. The fourth-order valence-electron chi connectivity index (χ4n) is 5.07. The molecular formula is C23H30FN5O3. The van der Waals surface area contributed by atoms with Crippen molar-refractivity contribution < 1.29 is 19.3 Å². The molecule has 2 saturated carbocycles. The number of halogens is 1. The van der Waals surface area contributed by atoms with Crippen molar-refractivity contribution in [2.75, 3.05) is 5.32 Å². The quantitative estimate of drug-likeness (QED) is 0.624. The van der Waals surface area contributed by atoms with Crippen molar-refractivity contribution in [1.29, 1.82) is 0 Å². The Kier molecular flexibility index (Phi) is 6.26. The van der Waals surface area contributed by atoms with Crippen LogP contribution in [0.25, 0.3) is 11.2 Å². The van der Waals surface area contributed by atoms with Crippen LogP contribution in [0.3, 0.4) is 0 Å². The van der Waals surface area contributed by atoms with E-state index < -0.39 is 30.7 Å². The molecule has 2 unspecified atom stereocenters. The van der Waals surface area contributed by atoms with Crippen LogP contribution in [-0.4, -0.2) is 60.3 Å². The van der Waals surface area contributed by atoms with Crippen molar-refractivity contribution in [3.05, 3.63) is 12.7 Å². The van der Waals surface area contributed by atoms with E-state index in [2.05, 4.69) is 32.1 Å². The number of nitrogens with zero attached hydrogens (tertiary/aromatic N) is 4. The minimum Gasteiger partial charge on any atom is -0.387 e.